The fourth-order valence-electron chi connectivity index (χ4n) is 4.10. The molecule has 1 amide bonds. The third-order valence-corrected chi connectivity index (χ3v) is 7.66. The molecule has 1 fully saturated rings. The third kappa shape index (κ3) is 9.73. The van der Waals surface area contributed by atoms with E-state index in [1.807, 2.05) is 0 Å². The van der Waals surface area contributed by atoms with Crippen LogP contribution in [0.5, 0.6) is 11.5 Å². The number of carbonyl (C=O) groups is 1. The summed E-state index contributed by atoms with van der Waals surface area (Å²) in [5.74, 6) is 0.213. The van der Waals surface area contributed by atoms with E-state index in [2.05, 4.69) is 9.46 Å². The van der Waals surface area contributed by atoms with Gasteiger partial charge >= 0.3 is 12.7 Å². The summed E-state index contributed by atoms with van der Waals surface area (Å²) in [5.41, 5.74) is 1.77. The zero-order chi connectivity index (χ0) is 31.3. The van der Waals surface area contributed by atoms with Gasteiger partial charge in [0.05, 0.1) is 12.9 Å². The average molecular weight is 661 g/mol. The molecule has 1 saturated carbocycles. The summed E-state index contributed by atoms with van der Waals surface area (Å²) >= 11 is 12.6. The number of amides is 1. The molecule has 2 aromatic carbocycles. The van der Waals surface area contributed by atoms with Crippen LogP contribution < -0.4 is 18.9 Å². The average Bonchev–Trinajstić information content (AvgIpc) is 3.74. The Bertz CT molecular complexity index is 1540. The number of hydrogen-bond donors (Lipinski definition) is 1. The van der Waals surface area contributed by atoms with Gasteiger partial charge in [-0.3, -0.25) is 4.72 Å². The Labute approximate surface area is 257 Å². The highest BCUT2D eigenvalue weighted by Crippen LogP contribution is 2.38. The molecule has 0 aliphatic heterocycles. The first kappa shape index (κ1) is 32.4. The maximum atomic E-state index is 13.3. The lowest BCUT2D eigenvalue weighted by atomic mass is 10.0. The van der Waals surface area contributed by atoms with Crippen LogP contribution in [-0.4, -0.2) is 45.9 Å². The van der Waals surface area contributed by atoms with E-state index < -0.39 is 28.8 Å². The highest BCUT2D eigenvalue weighted by Gasteiger charge is 2.27. The minimum atomic E-state index is -3.44. The molecule has 232 valence electrons. The lowest BCUT2D eigenvalue weighted by Crippen LogP contribution is -2.29. The van der Waals surface area contributed by atoms with Gasteiger partial charge in [0.25, 0.3) is 0 Å². The summed E-state index contributed by atoms with van der Waals surface area (Å²) in [6.45, 7) is -2.65. The number of nitrogens with one attached hydrogen (secondary N) is 1. The van der Waals surface area contributed by atoms with Crippen LogP contribution in [0.1, 0.15) is 35.6 Å². The standard InChI is InChI=1S/C28H29Cl2F2N3O7S/c1-34(13-17-5-8-20(9-6-17)33-43(2,38)39)28(36)42-25(12-21-22(29)14-35(37)15-23(21)30)19-7-10-24(41-27(31)32)26(11-19)40-16-18-3-4-18/h5-11,14-15,18,25,27,33H,3-4,12-13,16H2,1-2H3. The van der Waals surface area contributed by atoms with E-state index in [0.717, 1.165) is 31.5 Å². The number of pyridine rings is 1. The Hall–Kier alpha value is -3.55. The zero-order valence-corrected chi connectivity index (χ0v) is 25.5. The van der Waals surface area contributed by atoms with E-state index in [-0.39, 0.29) is 34.5 Å². The number of sulfonamides is 1. The van der Waals surface area contributed by atoms with Gasteiger partial charge in [-0.1, -0.05) is 41.4 Å². The highest BCUT2D eigenvalue weighted by molar-refractivity contribution is 7.92. The maximum absolute atomic E-state index is 13.3. The topological polar surface area (TPSA) is 121 Å². The van der Waals surface area contributed by atoms with Crippen molar-refractivity contribution in [2.75, 3.05) is 24.6 Å². The van der Waals surface area contributed by atoms with Crippen LogP contribution in [0, 0.1) is 11.1 Å². The van der Waals surface area contributed by atoms with Gasteiger partial charge < -0.3 is 24.3 Å². The number of halogens is 4. The molecule has 4 rings (SSSR count). The van der Waals surface area contributed by atoms with Crippen molar-refractivity contribution in [1.29, 1.82) is 0 Å². The summed E-state index contributed by atoms with van der Waals surface area (Å²) < 4.78 is 68.2. The number of nitrogens with zero attached hydrogens (tertiary/aromatic N) is 2. The molecule has 1 aromatic heterocycles. The van der Waals surface area contributed by atoms with E-state index in [1.54, 1.807) is 24.3 Å². The van der Waals surface area contributed by atoms with Gasteiger partial charge in [0.1, 0.15) is 16.1 Å². The second-order valence-electron chi connectivity index (χ2n) is 10.1. The lowest BCUT2D eigenvalue weighted by molar-refractivity contribution is -0.605. The van der Waals surface area contributed by atoms with E-state index in [1.165, 1.54) is 30.1 Å². The number of benzene rings is 2. The molecule has 1 aliphatic rings. The summed E-state index contributed by atoms with van der Waals surface area (Å²) in [5, 5.41) is 11.9. The molecule has 0 spiro atoms. The van der Waals surface area contributed by atoms with Crippen molar-refractivity contribution in [1.82, 2.24) is 4.90 Å². The Balaban J connectivity index is 1.58. The first-order chi connectivity index (χ1) is 20.3. The number of carbonyl (C=O) groups excluding carboxylic acids is 1. The fraction of sp³-hybridized carbons (Fsp3) is 0.357. The molecular weight excluding hydrogens is 631 g/mol. The van der Waals surface area contributed by atoms with Crippen LogP contribution in [-0.2, 0) is 27.7 Å². The lowest BCUT2D eigenvalue weighted by Gasteiger charge is -2.24. The van der Waals surface area contributed by atoms with Crippen molar-refractivity contribution in [3.63, 3.8) is 0 Å². The predicted octanol–water partition coefficient (Wildman–Crippen LogP) is 5.94. The molecule has 0 bridgehead atoms. The number of aromatic nitrogens is 1. The first-order valence-corrected chi connectivity index (χ1v) is 15.7. The smallest absolute Gasteiger partial charge is 0.410 e. The Kier molecular flexibility index (Phi) is 10.4. The second kappa shape index (κ2) is 13.8. The number of hydrogen-bond acceptors (Lipinski definition) is 7. The normalized spacial score (nSPS) is 13.8. The quantitative estimate of drug-likeness (QED) is 0.178. The summed E-state index contributed by atoms with van der Waals surface area (Å²) in [7, 11) is -1.94. The molecule has 0 saturated heterocycles. The molecule has 3 aromatic rings. The molecule has 1 atom stereocenters. The number of ether oxygens (including phenoxy) is 3. The maximum Gasteiger partial charge on any atom is 0.410 e. The van der Waals surface area contributed by atoms with E-state index >= 15 is 0 Å². The fourth-order valence-corrected chi connectivity index (χ4v) is 5.27. The zero-order valence-electron chi connectivity index (χ0n) is 23.1. The van der Waals surface area contributed by atoms with Crippen LogP contribution in [0.15, 0.2) is 54.9 Å². The predicted molar refractivity (Wildman–Crippen MR) is 156 cm³/mol. The molecule has 0 radical (unpaired) electrons. The van der Waals surface area contributed by atoms with E-state index in [9.17, 15) is 27.2 Å². The largest absolute Gasteiger partial charge is 0.619 e. The van der Waals surface area contributed by atoms with Gasteiger partial charge in [-0.05, 0) is 54.2 Å². The van der Waals surface area contributed by atoms with Crippen LogP contribution in [0.25, 0.3) is 0 Å². The second-order valence-corrected chi connectivity index (χ2v) is 12.7. The Morgan fingerprint density at radius 2 is 1.77 bits per heavy atom. The van der Waals surface area contributed by atoms with Crippen molar-refractivity contribution in [3.05, 3.63) is 86.8 Å². The van der Waals surface area contributed by atoms with Crippen LogP contribution in [0.4, 0.5) is 19.3 Å². The monoisotopic (exact) mass is 659 g/mol. The van der Waals surface area contributed by atoms with Gasteiger partial charge in [0, 0.05) is 31.3 Å². The molecule has 15 heteroatoms. The van der Waals surface area contributed by atoms with Crippen LogP contribution in [0.3, 0.4) is 0 Å². The Morgan fingerprint density at radius 3 is 2.35 bits per heavy atom. The van der Waals surface area contributed by atoms with Crippen LogP contribution >= 0.6 is 23.2 Å². The van der Waals surface area contributed by atoms with Gasteiger partial charge in [-0.15, -0.1) is 0 Å². The van der Waals surface area contributed by atoms with Crippen molar-refractivity contribution < 1.29 is 40.9 Å². The van der Waals surface area contributed by atoms with Gasteiger partial charge in [-0.25, -0.2) is 13.2 Å². The van der Waals surface area contributed by atoms with E-state index in [0.29, 0.717) is 39.6 Å². The SMILES string of the molecule is CN(Cc1ccc(NS(C)(=O)=O)cc1)C(=O)OC(Cc1c(Cl)c[n+]([O-])cc1Cl)c1ccc(OC(F)F)c(OCC2CC2)c1. The van der Waals surface area contributed by atoms with Gasteiger partial charge in [-0.2, -0.15) is 13.5 Å². The minimum absolute atomic E-state index is 0.0440. The van der Waals surface area contributed by atoms with Gasteiger partial charge in [0.15, 0.2) is 23.9 Å². The number of rotatable bonds is 13. The van der Waals surface area contributed by atoms with Crippen molar-refractivity contribution in [2.45, 2.75) is 38.5 Å². The van der Waals surface area contributed by atoms with Crippen molar-refractivity contribution in [3.8, 4) is 11.5 Å². The molecule has 1 N–H and O–H groups in total. The summed E-state index contributed by atoms with van der Waals surface area (Å²) in [6, 6.07) is 10.7. The van der Waals surface area contributed by atoms with Crippen LogP contribution in [0.2, 0.25) is 10.0 Å². The van der Waals surface area contributed by atoms with Crippen molar-refractivity contribution >= 4 is 45.0 Å². The first-order valence-electron chi connectivity index (χ1n) is 13.0. The summed E-state index contributed by atoms with van der Waals surface area (Å²) in [6.07, 6.45) is 3.38. The van der Waals surface area contributed by atoms with E-state index in [4.69, 9.17) is 32.7 Å². The number of anilines is 1. The highest BCUT2D eigenvalue weighted by atomic mass is 35.5. The molecule has 1 heterocycles. The molecular formula is C28H29Cl2F2N3O7S. The minimum Gasteiger partial charge on any atom is -0.619 e. The third-order valence-electron chi connectivity index (χ3n) is 6.41. The summed E-state index contributed by atoms with van der Waals surface area (Å²) in [4.78, 5) is 14.6. The molecule has 10 nitrogen and oxygen atoms in total. The van der Waals surface area contributed by atoms with Gasteiger partial charge in [0.2, 0.25) is 10.0 Å². The Morgan fingerprint density at radius 1 is 1.12 bits per heavy atom. The van der Waals surface area contributed by atoms with Crippen molar-refractivity contribution in [2.24, 2.45) is 5.92 Å². The molecule has 1 unspecified atom stereocenters. The number of alkyl halides is 2. The molecule has 1 aliphatic carbocycles. The molecule has 43 heavy (non-hydrogen) atoms.